The summed E-state index contributed by atoms with van der Waals surface area (Å²) in [5.74, 6) is -1.57. The third-order valence-corrected chi connectivity index (χ3v) is 7.64. The van der Waals surface area contributed by atoms with Crippen LogP contribution in [0.2, 0.25) is 0 Å². The average Bonchev–Trinajstić information content (AvgIpc) is 2.74. The van der Waals surface area contributed by atoms with Gasteiger partial charge in [-0.15, -0.1) is 0 Å². The summed E-state index contributed by atoms with van der Waals surface area (Å²) in [6.07, 6.45) is -5.65. The van der Waals surface area contributed by atoms with E-state index in [-0.39, 0.29) is 30.5 Å². The Morgan fingerprint density at radius 2 is 1.41 bits per heavy atom. The van der Waals surface area contributed by atoms with Crippen LogP contribution >= 0.6 is 67.8 Å². The second kappa shape index (κ2) is 16.3. The van der Waals surface area contributed by atoms with Crippen molar-refractivity contribution in [3.05, 3.63) is 21.8 Å². The van der Waals surface area contributed by atoms with Gasteiger partial charge in [0, 0.05) is 39.6 Å². The lowest BCUT2D eigenvalue weighted by Crippen LogP contribution is -2.48. The molecule has 0 spiro atoms. The average molecular weight is 823 g/mol. The highest BCUT2D eigenvalue weighted by Crippen LogP contribution is 2.35. The van der Waals surface area contributed by atoms with Crippen LogP contribution in [0.1, 0.15) is 29.8 Å². The maximum atomic E-state index is 11.5. The van der Waals surface area contributed by atoms with Crippen molar-refractivity contribution in [3.8, 4) is 0 Å². The fourth-order valence-electron chi connectivity index (χ4n) is 2.45. The zero-order valence-electron chi connectivity index (χ0n) is 18.5. The number of aliphatic hydroxyl groups excluding tert-OH is 5. The summed E-state index contributed by atoms with van der Waals surface area (Å²) in [4.78, 5) is 33.9. The number of carbonyl (C=O) groups excluding carboxylic acids is 2. The quantitative estimate of drug-likeness (QED) is 0.138. The minimum atomic E-state index is -1.55. The molecule has 0 saturated heterocycles. The van der Waals surface area contributed by atoms with Crippen molar-refractivity contribution in [1.29, 1.82) is 0 Å². The van der Waals surface area contributed by atoms with E-state index in [1.54, 1.807) is 7.05 Å². The first-order valence-corrected chi connectivity index (χ1v) is 12.9. The molecule has 0 heterocycles. The van der Waals surface area contributed by atoms with Crippen LogP contribution in [0.15, 0.2) is 0 Å². The molecule has 1 aromatic carbocycles. The molecule has 4 atom stereocenters. The topological polar surface area (TPSA) is 209 Å². The van der Waals surface area contributed by atoms with Crippen molar-refractivity contribution in [2.24, 2.45) is 0 Å². The number of rotatable bonds is 10. The maximum absolute atomic E-state index is 11.5. The molecule has 9 N–H and O–H groups in total. The summed E-state index contributed by atoms with van der Waals surface area (Å²) in [5.41, 5.74) is 1.26. The third kappa shape index (κ3) is 10.3. The van der Waals surface area contributed by atoms with Crippen molar-refractivity contribution in [3.63, 3.8) is 0 Å². The molecule has 1 rings (SSSR count). The predicted octanol–water partition coefficient (Wildman–Crippen LogP) is -0.565. The lowest BCUT2D eigenvalue weighted by molar-refractivity contribution is -0.119. The highest BCUT2D eigenvalue weighted by molar-refractivity contribution is 14.1. The van der Waals surface area contributed by atoms with Crippen molar-refractivity contribution in [2.45, 2.75) is 44.8 Å². The molecule has 0 fully saturated rings. The van der Waals surface area contributed by atoms with Crippen LogP contribution in [0.25, 0.3) is 0 Å². The molecule has 15 heteroatoms. The molecule has 0 aliphatic heterocycles. The fourth-order valence-corrected chi connectivity index (χ4v) is 6.73. The summed E-state index contributed by atoms with van der Waals surface area (Å²) in [5, 5.41) is 62.2. The van der Waals surface area contributed by atoms with Gasteiger partial charge < -0.3 is 46.6 Å². The number of aliphatic hydroxyl groups is 5. The number of anilines is 1. The number of carbonyl (C=O) groups is 3. The van der Waals surface area contributed by atoms with E-state index in [4.69, 9.17) is 20.4 Å². The normalized spacial score (nSPS) is 14.2. The first kappa shape index (κ1) is 33.6. The molecule has 0 saturated carbocycles. The van der Waals surface area contributed by atoms with Gasteiger partial charge in [0.15, 0.2) is 0 Å². The summed E-state index contributed by atoms with van der Waals surface area (Å²) in [6.45, 7) is 2.38. The molecular weight excluding hydrogens is 795 g/mol. The van der Waals surface area contributed by atoms with Gasteiger partial charge in [0.05, 0.1) is 27.5 Å². The number of carboxylic acids is 1. The number of hydrogen-bond acceptors (Lipinski definition) is 9. The zero-order chi connectivity index (χ0) is 26.7. The molecule has 12 nitrogen and oxygen atoms in total. The Labute approximate surface area is 237 Å². The summed E-state index contributed by atoms with van der Waals surface area (Å²) >= 11 is 5.90. The Morgan fingerprint density at radius 1 is 0.882 bits per heavy atom. The minimum Gasteiger partial charge on any atom is -0.478 e. The van der Waals surface area contributed by atoms with Gasteiger partial charge in [0.1, 0.15) is 18.3 Å². The molecular formula is C19H28I3N3O9. The van der Waals surface area contributed by atoms with E-state index in [2.05, 4.69) is 16.0 Å². The number of hydrogen-bond donors (Lipinski definition) is 9. The van der Waals surface area contributed by atoms with Crippen molar-refractivity contribution in [1.82, 2.24) is 10.6 Å². The van der Waals surface area contributed by atoms with Crippen LogP contribution < -0.4 is 16.0 Å². The Hall–Kier alpha value is -0.420. The van der Waals surface area contributed by atoms with Gasteiger partial charge in [-0.25, -0.2) is 4.79 Å². The molecule has 0 unspecified atom stereocenters. The largest absolute Gasteiger partial charge is 0.478 e. The highest BCUT2D eigenvalue weighted by atomic mass is 127. The lowest BCUT2D eigenvalue weighted by atomic mass is 10.0. The highest BCUT2D eigenvalue weighted by Gasteiger charge is 2.29. The van der Waals surface area contributed by atoms with E-state index in [1.807, 2.05) is 67.8 Å². The summed E-state index contributed by atoms with van der Waals surface area (Å²) in [6, 6.07) is 0. The van der Waals surface area contributed by atoms with Gasteiger partial charge in [-0.2, -0.15) is 0 Å². The zero-order valence-corrected chi connectivity index (χ0v) is 24.9. The Bertz CT molecular complexity index is 873. The Kier molecular flexibility index (Phi) is 16.1. The van der Waals surface area contributed by atoms with Crippen LogP contribution in [0.4, 0.5) is 5.69 Å². The van der Waals surface area contributed by atoms with E-state index < -0.39 is 37.0 Å². The number of benzene rings is 1. The number of amides is 2. The Morgan fingerprint density at radius 3 is 1.82 bits per heavy atom. The Balaban J connectivity index is 0.000000722. The first-order chi connectivity index (χ1) is 15.7. The van der Waals surface area contributed by atoms with Crippen LogP contribution in [-0.2, 0) is 16.1 Å². The molecule has 0 aromatic heterocycles. The van der Waals surface area contributed by atoms with E-state index in [1.165, 1.54) is 13.8 Å². The summed E-state index contributed by atoms with van der Waals surface area (Å²) < 4.78 is 1.74. The smallest absolute Gasteiger partial charge is 0.337 e. The molecule has 0 aliphatic carbocycles. The van der Waals surface area contributed by atoms with Gasteiger partial charge in [-0.05, 0) is 74.8 Å². The van der Waals surface area contributed by atoms with Gasteiger partial charge in [0.2, 0.25) is 11.8 Å². The predicted molar refractivity (Wildman–Crippen MR) is 148 cm³/mol. The maximum Gasteiger partial charge on any atom is 0.337 e. The van der Waals surface area contributed by atoms with E-state index in [0.717, 1.165) is 3.57 Å². The third-order valence-electron chi connectivity index (χ3n) is 4.18. The van der Waals surface area contributed by atoms with E-state index in [9.17, 15) is 24.6 Å². The van der Waals surface area contributed by atoms with Crippen molar-refractivity contribution in [2.75, 3.05) is 25.5 Å². The van der Waals surface area contributed by atoms with Crippen LogP contribution in [0.5, 0.6) is 0 Å². The van der Waals surface area contributed by atoms with Gasteiger partial charge in [0.25, 0.3) is 0 Å². The van der Waals surface area contributed by atoms with Crippen LogP contribution in [-0.4, -0.2) is 93.0 Å². The van der Waals surface area contributed by atoms with Crippen LogP contribution in [0, 0.1) is 10.7 Å². The minimum absolute atomic E-state index is 0.0936. The van der Waals surface area contributed by atoms with Crippen molar-refractivity contribution >= 4 is 91.2 Å². The number of nitrogens with one attached hydrogen (secondary N) is 3. The number of halogens is 3. The van der Waals surface area contributed by atoms with E-state index >= 15 is 0 Å². The SMILES string of the molecule is CC(=O)NCc1c(I)c(NC(C)=O)c(I)c(C(=O)O)c1I.CNC[C@H](O)[C@@H](O)[C@H](O)[C@H](O)CO. The molecule has 0 bridgehead atoms. The monoisotopic (exact) mass is 823 g/mol. The molecule has 34 heavy (non-hydrogen) atoms. The molecule has 194 valence electrons. The lowest BCUT2D eigenvalue weighted by Gasteiger charge is -2.25. The molecule has 0 radical (unpaired) electrons. The molecule has 1 aromatic rings. The first-order valence-electron chi connectivity index (χ1n) is 9.63. The van der Waals surface area contributed by atoms with E-state index in [0.29, 0.717) is 18.4 Å². The molecule has 0 aliphatic rings. The number of likely N-dealkylation sites (N-methyl/N-ethyl adjacent to an activating group) is 1. The standard InChI is InChI=1S/C12H11I3N2O4.C7H17NO5/c1-4(18)16-3-6-8(13)7(12(20)21)10(15)11(9(6)14)17-5(2)19;1-8-2-4(10)6(12)7(13)5(11)3-9/h3H2,1-2H3,(H,16,18)(H,17,19)(H,20,21);4-13H,2-3H2,1H3/t;4-,5+,6+,7+/m.0/s1. The molecule has 2 amide bonds. The van der Waals surface area contributed by atoms with Gasteiger partial charge in [-0.1, -0.05) is 0 Å². The fraction of sp³-hybridized carbons (Fsp3) is 0.526. The van der Waals surface area contributed by atoms with Gasteiger partial charge >= 0.3 is 5.97 Å². The van der Waals surface area contributed by atoms with Crippen LogP contribution in [0.3, 0.4) is 0 Å². The number of aromatic carboxylic acids is 1. The second-order valence-electron chi connectivity index (χ2n) is 6.92. The van der Waals surface area contributed by atoms with Gasteiger partial charge in [-0.3, -0.25) is 9.59 Å². The summed E-state index contributed by atoms with van der Waals surface area (Å²) in [7, 11) is 1.57. The van der Waals surface area contributed by atoms with Crippen molar-refractivity contribution < 1.29 is 45.0 Å². The second-order valence-corrected chi connectivity index (χ2v) is 10.2. The number of carboxylic acid groups (broad SMARTS) is 1.